The Balaban J connectivity index is 1.54. The van der Waals surface area contributed by atoms with Gasteiger partial charge in [0.05, 0.1) is 17.8 Å². The van der Waals surface area contributed by atoms with Crippen LogP contribution in [0.5, 0.6) is 17.2 Å². The number of nitrogens with zero attached hydrogens (tertiary/aromatic N) is 1. The summed E-state index contributed by atoms with van der Waals surface area (Å²) in [6.45, 7) is 2.33. The first-order chi connectivity index (χ1) is 17.4. The van der Waals surface area contributed by atoms with Gasteiger partial charge in [-0.3, -0.25) is 14.9 Å². The molecule has 3 aromatic rings. The van der Waals surface area contributed by atoms with Gasteiger partial charge in [0, 0.05) is 0 Å². The molecule has 1 saturated heterocycles. The molecule has 36 heavy (non-hydrogen) atoms. The summed E-state index contributed by atoms with van der Waals surface area (Å²) in [5.41, 5.74) is 1.41. The van der Waals surface area contributed by atoms with Crippen LogP contribution in [-0.2, 0) is 9.59 Å². The molecule has 0 radical (unpaired) electrons. The third kappa shape index (κ3) is 5.50. The SMILES string of the molecule is COc1cc(/C=C2\C(=O)NC(=O)N(c3cccc(C)c3)C2=O)cc(Cl)c1OCCOc1ccccc1. The van der Waals surface area contributed by atoms with Crippen LogP contribution < -0.4 is 24.4 Å². The molecule has 0 spiro atoms. The number of urea groups is 1. The van der Waals surface area contributed by atoms with Crippen molar-refractivity contribution in [3.63, 3.8) is 0 Å². The number of rotatable bonds is 8. The van der Waals surface area contributed by atoms with Crippen LogP contribution in [0.2, 0.25) is 5.02 Å². The smallest absolute Gasteiger partial charge is 0.335 e. The number of carbonyl (C=O) groups is 3. The van der Waals surface area contributed by atoms with Crippen LogP contribution >= 0.6 is 11.6 Å². The molecular weight excluding hydrogens is 484 g/mol. The van der Waals surface area contributed by atoms with E-state index in [1.807, 2.05) is 43.3 Å². The Morgan fingerprint density at radius 1 is 0.944 bits per heavy atom. The van der Waals surface area contributed by atoms with Crippen LogP contribution in [0.1, 0.15) is 11.1 Å². The molecule has 1 fully saturated rings. The fourth-order valence-corrected chi connectivity index (χ4v) is 3.88. The molecule has 1 N–H and O–H groups in total. The van der Waals surface area contributed by atoms with Gasteiger partial charge in [-0.2, -0.15) is 0 Å². The summed E-state index contributed by atoms with van der Waals surface area (Å²) < 4.78 is 16.8. The number of hydrogen-bond donors (Lipinski definition) is 1. The average Bonchev–Trinajstić information content (AvgIpc) is 2.85. The van der Waals surface area contributed by atoms with Gasteiger partial charge in [0.15, 0.2) is 11.5 Å². The Hall–Kier alpha value is -4.30. The lowest BCUT2D eigenvalue weighted by molar-refractivity contribution is -0.122. The second-order valence-electron chi connectivity index (χ2n) is 7.84. The first-order valence-electron chi connectivity index (χ1n) is 11.0. The molecule has 0 aliphatic carbocycles. The Kier molecular flexibility index (Phi) is 7.56. The van der Waals surface area contributed by atoms with E-state index in [2.05, 4.69) is 5.32 Å². The summed E-state index contributed by atoms with van der Waals surface area (Å²) >= 11 is 6.44. The number of carbonyl (C=O) groups excluding carboxylic acids is 3. The second kappa shape index (κ2) is 11.0. The van der Waals surface area contributed by atoms with E-state index < -0.39 is 17.8 Å². The Morgan fingerprint density at radius 3 is 2.42 bits per heavy atom. The summed E-state index contributed by atoms with van der Waals surface area (Å²) in [5.74, 6) is -0.224. The van der Waals surface area contributed by atoms with Crippen LogP contribution in [0.4, 0.5) is 10.5 Å². The summed E-state index contributed by atoms with van der Waals surface area (Å²) in [5, 5.41) is 2.43. The van der Waals surface area contributed by atoms with Gasteiger partial charge < -0.3 is 14.2 Å². The van der Waals surface area contributed by atoms with E-state index in [-0.39, 0.29) is 23.8 Å². The van der Waals surface area contributed by atoms with Crippen molar-refractivity contribution in [1.82, 2.24) is 5.32 Å². The van der Waals surface area contributed by atoms with Crippen LogP contribution in [0.3, 0.4) is 0 Å². The predicted octanol–water partition coefficient (Wildman–Crippen LogP) is 4.78. The van der Waals surface area contributed by atoms with Crippen molar-refractivity contribution in [1.29, 1.82) is 0 Å². The van der Waals surface area contributed by atoms with Crippen molar-refractivity contribution < 1.29 is 28.6 Å². The highest BCUT2D eigenvalue weighted by Crippen LogP contribution is 2.37. The number of hydrogen-bond acceptors (Lipinski definition) is 6. The van der Waals surface area contributed by atoms with Gasteiger partial charge in [-0.05, 0) is 60.5 Å². The molecule has 1 heterocycles. The molecule has 0 bridgehead atoms. The Morgan fingerprint density at radius 2 is 1.69 bits per heavy atom. The van der Waals surface area contributed by atoms with Crippen molar-refractivity contribution in [2.75, 3.05) is 25.2 Å². The summed E-state index contributed by atoms with van der Waals surface area (Å²) in [6.07, 6.45) is 1.35. The Labute approximate surface area is 213 Å². The molecule has 184 valence electrons. The minimum absolute atomic E-state index is 0.208. The minimum atomic E-state index is -0.815. The first-order valence-corrected chi connectivity index (χ1v) is 11.4. The minimum Gasteiger partial charge on any atom is -0.493 e. The standard InChI is InChI=1S/C27H23ClN2O6/c1-17-7-6-8-19(13-17)30-26(32)21(25(31)29-27(30)33)14-18-15-22(28)24(23(16-18)34-2)36-12-11-35-20-9-4-3-5-10-20/h3-10,13-16H,11-12H2,1-2H3,(H,29,31,33)/b21-14+. The lowest BCUT2D eigenvalue weighted by Crippen LogP contribution is -2.54. The summed E-state index contributed by atoms with van der Waals surface area (Å²) in [7, 11) is 1.45. The molecule has 8 nitrogen and oxygen atoms in total. The fourth-order valence-electron chi connectivity index (χ4n) is 3.61. The third-order valence-corrected chi connectivity index (χ3v) is 5.55. The van der Waals surface area contributed by atoms with Crippen molar-refractivity contribution >= 4 is 41.2 Å². The average molecular weight is 507 g/mol. The number of amides is 4. The van der Waals surface area contributed by atoms with Crippen LogP contribution in [-0.4, -0.2) is 38.2 Å². The van der Waals surface area contributed by atoms with E-state index >= 15 is 0 Å². The number of nitrogens with one attached hydrogen (secondary N) is 1. The highest BCUT2D eigenvalue weighted by molar-refractivity contribution is 6.39. The highest BCUT2D eigenvalue weighted by Gasteiger charge is 2.36. The molecule has 3 aromatic carbocycles. The van der Waals surface area contributed by atoms with Gasteiger partial charge in [-0.15, -0.1) is 0 Å². The van der Waals surface area contributed by atoms with Crippen molar-refractivity contribution in [2.45, 2.75) is 6.92 Å². The maximum atomic E-state index is 13.1. The number of aryl methyl sites for hydroxylation is 1. The lowest BCUT2D eigenvalue weighted by Gasteiger charge is -2.26. The highest BCUT2D eigenvalue weighted by atomic mass is 35.5. The zero-order valence-corrected chi connectivity index (χ0v) is 20.4. The Bertz CT molecular complexity index is 1340. The van der Waals surface area contributed by atoms with Gasteiger partial charge in [0.25, 0.3) is 11.8 Å². The molecule has 0 atom stereocenters. The largest absolute Gasteiger partial charge is 0.493 e. The van der Waals surface area contributed by atoms with Gasteiger partial charge in [0.1, 0.15) is 24.5 Å². The predicted molar refractivity (Wildman–Crippen MR) is 136 cm³/mol. The number of methoxy groups -OCH3 is 1. The van der Waals surface area contributed by atoms with Crippen molar-refractivity contribution in [3.05, 3.63) is 88.5 Å². The molecule has 1 aliphatic rings. The number of para-hydroxylation sites is 1. The summed E-state index contributed by atoms with van der Waals surface area (Å²) in [4.78, 5) is 39.0. The zero-order valence-electron chi connectivity index (χ0n) is 19.6. The van der Waals surface area contributed by atoms with Gasteiger partial charge in [0.2, 0.25) is 0 Å². The number of anilines is 1. The van der Waals surface area contributed by atoms with E-state index in [0.717, 1.165) is 16.2 Å². The molecule has 9 heteroatoms. The quantitative estimate of drug-likeness (QED) is 0.268. The number of halogens is 1. The second-order valence-corrected chi connectivity index (χ2v) is 8.25. The van der Waals surface area contributed by atoms with Crippen molar-refractivity contribution in [3.8, 4) is 17.2 Å². The molecule has 4 amide bonds. The van der Waals surface area contributed by atoms with E-state index in [1.165, 1.54) is 13.2 Å². The normalized spacial score (nSPS) is 14.6. The third-order valence-electron chi connectivity index (χ3n) is 5.27. The molecule has 4 rings (SSSR count). The number of imide groups is 2. The number of barbiturate groups is 1. The first kappa shape index (κ1) is 24.8. The number of benzene rings is 3. The van der Waals surface area contributed by atoms with Crippen LogP contribution in [0, 0.1) is 6.92 Å². The van der Waals surface area contributed by atoms with Crippen molar-refractivity contribution in [2.24, 2.45) is 0 Å². The van der Waals surface area contributed by atoms with Gasteiger partial charge >= 0.3 is 6.03 Å². The molecular formula is C27H23ClN2O6. The molecule has 0 saturated carbocycles. The van der Waals surface area contributed by atoms with Crippen LogP contribution in [0.15, 0.2) is 72.3 Å². The van der Waals surface area contributed by atoms with E-state index in [0.29, 0.717) is 22.7 Å². The van der Waals surface area contributed by atoms with E-state index in [1.54, 1.807) is 30.3 Å². The molecule has 0 aromatic heterocycles. The van der Waals surface area contributed by atoms with Gasteiger partial charge in [-0.25, -0.2) is 9.69 Å². The fraction of sp³-hybridized carbons (Fsp3) is 0.148. The molecule has 1 aliphatic heterocycles. The monoisotopic (exact) mass is 506 g/mol. The maximum absolute atomic E-state index is 13.1. The maximum Gasteiger partial charge on any atom is 0.335 e. The van der Waals surface area contributed by atoms with E-state index in [4.69, 9.17) is 25.8 Å². The number of ether oxygens (including phenoxy) is 3. The van der Waals surface area contributed by atoms with Gasteiger partial charge in [-0.1, -0.05) is 41.9 Å². The topological polar surface area (TPSA) is 94.2 Å². The van der Waals surface area contributed by atoms with Crippen LogP contribution in [0.25, 0.3) is 6.08 Å². The zero-order chi connectivity index (χ0) is 25.7. The molecule has 0 unspecified atom stereocenters. The van der Waals surface area contributed by atoms with E-state index in [9.17, 15) is 14.4 Å². The lowest BCUT2D eigenvalue weighted by atomic mass is 10.1. The summed E-state index contributed by atoms with van der Waals surface area (Å²) in [6, 6.07) is 18.5.